The molecule has 3 aliphatic heterocycles. The maximum absolute atomic E-state index is 12.7. The maximum atomic E-state index is 12.7. The predicted octanol–water partition coefficient (Wildman–Crippen LogP) is -0.457. The van der Waals surface area contributed by atoms with E-state index in [4.69, 9.17) is 5.73 Å². The lowest BCUT2D eigenvalue weighted by molar-refractivity contribution is -0.131. The highest BCUT2D eigenvalue weighted by molar-refractivity contribution is 5.81. The second-order valence-corrected chi connectivity index (χ2v) is 8.92. The molecule has 0 bridgehead atoms. The smallest absolute Gasteiger partial charge is 0.242 e. The predicted molar refractivity (Wildman–Crippen MR) is 131 cm³/mol. The van der Waals surface area contributed by atoms with Crippen LogP contribution in [-0.2, 0) is 9.59 Å². The molecule has 2 aromatic carbocycles. The van der Waals surface area contributed by atoms with Crippen molar-refractivity contribution in [3.8, 4) is 0 Å². The highest BCUT2D eigenvalue weighted by Crippen LogP contribution is 2.27. The lowest BCUT2D eigenvalue weighted by Crippen LogP contribution is -2.71. The van der Waals surface area contributed by atoms with Crippen LogP contribution in [0, 0.1) is 5.92 Å². The fourth-order valence-electron chi connectivity index (χ4n) is 4.99. The monoisotopic (exact) mass is 464 g/mol. The molecule has 3 heterocycles. The third-order valence-electron chi connectivity index (χ3n) is 6.85. The lowest BCUT2D eigenvalue weighted by Gasteiger charge is -2.46. The average molecular weight is 465 g/mol. The molecule has 2 aromatic rings. The molecule has 180 valence electrons. The molecular weight excluding hydrogens is 432 g/mol. The van der Waals surface area contributed by atoms with Crippen LogP contribution in [0.4, 0.5) is 11.4 Å². The molecule has 3 aliphatic rings. The van der Waals surface area contributed by atoms with Crippen LogP contribution >= 0.6 is 0 Å². The summed E-state index contributed by atoms with van der Waals surface area (Å²) >= 11 is 0. The summed E-state index contributed by atoms with van der Waals surface area (Å²) in [5.41, 5.74) is 14.4. The third-order valence-corrected chi connectivity index (χ3v) is 6.85. The van der Waals surface area contributed by atoms with E-state index in [1.54, 1.807) is 0 Å². The molecule has 0 aromatic heterocycles. The van der Waals surface area contributed by atoms with Gasteiger partial charge in [0.2, 0.25) is 11.8 Å². The number of amides is 2. The highest BCUT2D eigenvalue weighted by Gasteiger charge is 2.43. The van der Waals surface area contributed by atoms with Crippen molar-refractivity contribution in [2.24, 2.45) is 11.7 Å². The van der Waals surface area contributed by atoms with E-state index in [1.807, 2.05) is 35.2 Å². The van der Waals surface area contributed by atoms with E-state index in [-0.39, 0.29) is 42.7 Å². The largest absolute Gasteiger partial charge is 0.369 e. The topological polar surface area (TPSA) is 127 Å². The summed E-state index contributed by atoms with van der Waals surface area (Å²) < 4.78 is 0. The summed E-state index contributed by atoms with van der Waals surface area (Å²) in [5.74, 6) is -0.307. The third kappa shape index (κ3) is 4.71. The first-order chi connectivity index (χ1) is 16.6. The Kier molecular flexibility index (Phi) is 6.63. The van der Waals surface area contributed by atoms with E-state index in [0.717, 1.165) is 30.0 Å². The van der Waals surface area contributed by atoms with Gasteiger partial charge in [-0.05, 0) is 29.8 Å². The van der Waals surface area contributed by atoms with Crippen molar-refractivity contribution >= 4 is 23.2 Å². The number of hydrogen-bond acceptors (Lipinski definition) is 8. The van der Waals surface area contributed by atoms with Gasteiger partial charge in [-0.2, -0.15) is 0 Å². The quantitative estimate of drug-likeness (QED) is 0.351. The van der Waals surface area contributed by atoms with Crippen LogP contribution in [0.5, 0.6) is 0 Å². The molecule has 0 aliphatic carbocycles. The molecule has 7 N–H and O–H groups in total. The van der Waals surface area contributed by atoms with E-state index in [0.29, 0.717) is 19.6 Å². The van der Waals surface area contributed by atoms with Gasteiger partial charge >= 0.3 is 0 Å². The number of piperazine rings is 1. The molecule has 4 atom stereocenters. The van der Waals surface area contributed by atoms with Gasteiger partial charge < -0.3 is 20.9 Å². The van der Waals surface area contributed by atoms with Crippen LogP contribution < -0.4 is 37.4 Å². The van der Waals surface area contributed by atoms with Gasteiger partial charge in [0.05, 0.1) is 24.8 Å². The Morgan fingerprint density at radius 3 is 2.44 bits per heavy atom. The number of nitrogens with zero attached hydrogens (tertiary/aromatic N) is 2. The summed E-state index contributed by atoms with van der Waals surface area (Å²) in [7, 11) is 0. The van der Waals surface area contributed by atoms with Crippen LogP contribution in [0.3, 0.4) is 0 Å². The van der Waals surface area contributed by atoms with E-state index in [1.165, 1.54) is 0 Å². The zero-order valence-corrected chi connectivity index (χ0v) is 19.0. The Morgan fingerprint density at radius 2 is 1.74 bits per heavy atom. The molecule has 34 heavy (non-hydrogen) atoms. The van der Waals surface area contributed by atoms with Crippen molar-refractivity contribution in [3.63, 3.8) is 0 Å². The minimum atomic E-state index is -0.269. The molecule has 5 rings (SSSR count). The standard InChI is InChI=1S/C24H32N8O2/c25-14-20(33)32-12-10-31(11-13-32)18-8-6-17(7-9-18)27-23-21-19(15-26-30-24(21)34)28-22(29-23)16-4-2-1-3-5-16/h1-9,19,21-23,26-29H,10-15,25H2,(H,30,34). The van der Waals surface area contributed by atoms with Crippen molar-refractivity contribution in [1.29, 1.82) is 0 Å². The fourth-order valence-corrected chi connectivity index (χ4v) is 4.99. The molecule has 0 radical (unpaired) electrons. The second-order valence-electron chi connectivity index (χ2n) is 8.92. The summed E-state index contributed by atoms with van der Waals surface area (Å²) in [4.78, 5) is 28.6. The number of fused-ring (bicyclic) bond motifs is 1. The number of benzene rings is 2. The van der Waals surface area contributed by atoms with Gasteiger partial charge in [0.25, 0.3) is 0 Å². The van der Waals surface area contributed by atoms with Crippen molar-refractivity contribution in [2.75, 3.05) is 49.5 Å². The van der Waals surface area contributed by atoms with E-state index in [9.17, 15) is 9.59 Å². The normalized spacial score (nSPS) is 27.0. The summed E-state index contributed by atoms with van der Waals surface area (Å²) in [6, 6.07) is 18.4. The van der Waals surface area contributed by atoms with Crippen LogP contribution in [0.25, 0.3) is 0 Å². The fraction of sp³-hybridized carbons (Fsp3) is 0.417. The molecular formula is C24H32N8O2. The minimum Gasteiger partial charge on any atom is -0.369 e. The molecule has 2 amide bonds. The number of nitrogens with one attached hydrogen (secondary N) is 5. The second kappa shape index (κ2) is 9.98. The van der Waals surface area contributed by atoms with Gasteiger partial charge in [-0.25, -0.2) is 5.43 Å². The van der Waals surface area contributed by atoms with Gasteiger partial charge in [-0.1, -0.05) is 30.3 Å². The van der Waals surface area contributed by atoms with Gasteiger partial charge in [0.1, 0.15) is 0 Å². The minimum absolute atomic E-state index is 0.00253. The highest BCUT2D eigenvalue weighted by atomic mass is 16.2. The van der Waals surface area contributed by atoms with E-state index < -0.39 is 0 Å². The molecule has 3 fully saturated rings. The molecule has 10 heteroatoms. The van der Waals surface area contributed by atoms with E-state index >= 15 is 0 Å². The molecule has 3 saturated heterocycles. The zero-order chi connectivity index (χ0) is 23.5. The van der Waals surface area contributed by atoms with Crippen LogP contribution in [0.1, 0.15) is 11.7 Å². The number of carbonyl (C=O) groups excluding carboxylic acids is 2. The Balaban J connectivity index is 1.27. The van der Waals surface area contributed by atoms with Crippen molar-refractivity contribution in [1.82, 2.24) is 26.4 Å². The van der Waals surface area contributed by atoms with Crippen LogP contribution in [0.2, 0.25) is 0 Å². The Hall–Kier alpha value is -3.18. The van der Waals surface area contributed by atoms with E-state index in [2.05, 4.69) is 56.0 Å². The molecule has 4 unspecified atom stereocenters. The van der Waals surface area contributed by atoms with Gasteiger partial charge in [0, 0.05) is 50.1 Å². The molecule has 10 nitrogen and oxygen atoms in total. The Morgan fingerprint density at radius 1 is 1.00 bits per heavy atom. The molecule has 0 spiro atoms. The first kappa shape index (κ1) is 22.6. The van der Waals surface area contributed by atoms with Gasteiger partial charge in [0.15, 0.2) is 0 Å². The first-order valence-electron chi connectivity index (χ1n) is 11.8. The number of carbonyl (C=O) groups is 2. The lowest BCUT2D eigenvalue weighted by atomic mass is 9.89. The average Bonchev–Trinajstić information content (AvgIpc) is 2.89. The van der Waals surface area contributed by atoms with Gasteiger partial charge in [-0.3, -0.25) is 25.6 Å². The number of hydrogen-bond donors (Lipinski definition) is 6. The Bertz CT molecular complexity index is 994. The molecule has 0 saturated carbocycles. The maximum Gasteiger partial charge on any atom is 0.242 e. The van der Waals surface area contributed by atoms with Crippen LogP contribution in [0.15, 0.2) is 54.6 Å². The first-order valence-corrected chi connectivity index (χ1v) is 11.8. The summed E-state index contributed by atoms with van der Waals surface area (Å²) in [6.07, 6.45) is -0.310. The Labute approximate surface area is 199 Å². The van der Waals surface area contributed by atoms with Crippen LogP contribution in [-0.4, -0.2) is 68.2 Å². The number of hydrazine groups is 1. The number of rotatable bonds is 5. The van der Waals surface area contributed by atoms with Crippen molar-refractivity contribution in [3.05, 3.63) is 60.2 Å². The SMILES string of the molecule is NCC(=O)N1CCN(c2ccc(NC3NC(c4ccccc4)NC4CNNC(=O)C43)cc2)CC1. The number of anilines is 2. The zero-order valence-electron chi connectivity index (χ0n) is 19.0. The number of nitrogens with two attached hydrogens (primary N) is 1. The summed E-state index contributed by atoms with van der Waals surface area (Å²) in [5, 5.41) is 10.7. The van der Waals surface area contributed by atoms with Crippen molar-refractivity contribution < 1.29 is 9.59 Å². The van der Waals surface area contributed by atoms with Gasteiger partial charge in [-0.15, -0.1) is 0 Å². The van der Waals surface area contributed by atoms with Crippen molar-refractivity contribution in [2.45, 2.75) is 18.4 Å². The summed E-state index contributed by atoms with van der Waals surface area (Å²) in [6.45, 7) is 3.64.